The lowest BCUT2D eigenvalue weighted by atomic mass is 10.2. The van der Waals surface area contributed by atoms with Crippen molar-refractivity contribution in [1.82, 2.24) is 25.1 Å². The van der Waals surface area contributed by atoms with Gasteiger partial charge in [0.2, 0.25) is 0 Å². The summed E-state index contributed by atoms with van der Waals surface area (Å²) in [6, 6.07) is 2.23. The molecule has 0 aromatic carbocycles. The standard InChI is InChI=1S/C11H9N5O/c1-17-11-13-4-7(5-14-11)9-2-10-8(3-12-9)6-15-16-10/h2-6H,1H3,(H,15,16). The fourth-order valence-corrected chi connectivity index (χ4v) is 1.55. The molecule has 0 unspecified atom stereocenters. The Morgan fingerprint density at radius 3 is 2.71 bits per heavy atom. The second-order valence-corrected chi connectivity index (χ2v) is 3.47. The van der Waals surface area contributed by atoms with Crippen LogP contribution in [0.1, 0.15) is 0 Å². The largest absolute Gasteiger partial charge is 0.467 e. The first kappa shape index (κ1) is 9.71. The molecule has 3 aromatic heterocycles. The van der Waals surface area contributed by atoms with Gasteiger partial charge in [0.05, 0.1) is 18.3 Å². The molecule has 3 rings (SSSR count). The first-order chi connectivity index (χ1) is 8.36. The topological polar surface area (TPSA) is 76.6 Å². The molecule has 6 heteroatoms. The number of ether oxygens (including phenoxy) is 1. The minimum atomic E-state index is 0.342. The first-order valence-corrected chi connectivity index (χ1v) is 5.03. The Kier molecular flexibility index (Phi) is 2.18. The number of pyridine rings is 1. The SMILES string of the molecule is COc1ncc(-c2cc3n[nH]cc3cn2)cn1. The van der Waals surface area contributed by atoms with E-state index in [9.17, 15) is 0 Å². The summed E-state index contributed by atoms with van der Waals surface area (Å²) >= 11 is 0. The van der Waals surface area contributed by atoms with Gasteiger partial charge in [-0.2, -0.15) is 5.10 Å². The van der Waals surface area contributed by atoms with Crippen LogP contribution >= 0.6 is 0 Å². The van der Waals surface area contributed by atoms with Crippen molar-refractivity contribution in [3.8, 4) is 17.3 Å². The van der Waals surface area contributed by atoms with Gasteiger partial charge in [0.1, 0.15) is 0 Å². The second kappa shape index (κ2) is 3.82. The first-order valence-electron chi connectivity index (χ1n) is 5.03. The number of nitrogens with one attached hydrogen (secondary N) is 1. The average molecular weight is 227 g/mol. The van der Waals surface area contributed by atoms with Gasteiger partial charge in [0.25, 0.3) is 0 Å². The van der Waals surface area contributed by atoms with E-state index in [1.54, 1.807) is 24.8 Å². The van der Waals surface area contributed by atoms with E-state index in [2.05, 4.69) is 25.1 Å². The number of hydrogen-bond acceptors (Lipinski definition) is 5. The number of rotatable bonds is 2. The minimum Gasteiger partial charge on any atom is -0.467 e. The molecular formula is C11H9N5O. The van der Waals surface area contributed by atoms with Crippen LogP contribution in [0, 0.1) is 0 Å². The third kappa shape index (κ3) is 1.69. The lowest BCUT2D eigenvalue weighted by Gasteiger charge is -2.00. The van der Waals surface area contributed by atoms with E-state index in [0.29, 0.717) is 6.01 Å². The molecule has 0 bridgehead atoms. The van der Waals surface area contributed by atoms with Gasteiger partial charge < -0.3 is 4.74 Å². The maximum atomic E-state index is 4.90. The van der Waals surface area contributed by atoms with Crippen molar-refractivity contribution in [2.75, 3.05) is 7.11 Å². The summed E-state index contributed by atoms with van der Waals surface area (Å²) in [5, 5.41) is 7.88. The fourth-order valence-electron chi connectivity index (χ4n) is 1.55. The van der Waals surface area contributed by atoms with Crippen LogP contribution < -0.4 is 4.74 Å². The molecule has 0 aliphatic carbocycles. The van der Waals surface area contributed by atoms with Crippen molar-refractivity contribution in [3.63, 3.8) is 0 Å². The highest BCUT2D eigenvalue weighted by Crippen LogP contribution is 2.19. The highest BCUT2D eigenvalue weighted by atomic mass is 16.5. The lowest BCUT2D eigenvalue weighted by molar-refractivity contribution is 0.380. The summed E-state index contributed by atoms with van der Waals surface area (Å²) in [5.74, 6) is 0. The number of hydrogen-bond donors (Lipinski definition) is 1. The van der Waals surface area contributed by atoms with Crippen molar-refractivity contribution in [3.05, 3.63) is 30.9 Å². The third-order valence-corrected chi connectivity index (χ3v) is 2.42. The summed E-state index contributed by atoms with van der Waals surface area (Å²) in [7, 11) is 1.53. The van der Waals surface area contributed by atoms with Gasteiger partial charge in [-0.25, -0.2) is 9.97 Å². The third-order valence-electron chi connectivity index (χ3n) is 2.42. The van der Waals surface area contributed by atoms with Gasteiger partial charge in [0.15, 0.2) is 0 Å². The predicted octanol–water partition coefficient (Wildman–Crippen LogP) is 1.42. The summed E-state index contributed by atoms with van der Waals surface area (Å²) in [4.78, 5) is 12.4. The number of nitrogens with zero attached hydrogens (tertiary/aromatic N) is 4. The molecule has 3 heterocycles. The van der Waals surface area contributed by atoms with E-state index in [-0.39, 0.29) is 0 Å². The Morgan fingerprint density at radius 2 is 1.94 bits per heavy atom. The Balaban J connectivity index is 2.06. The highest BCUT2D eigenvalue weighted by molar-refractivity contribution is 5.80. The van der Waals surface area contributed by atoms with Crippen LogP contribution in [-0.2, 0) is 0 Å². The van der Waals surface area contributed by atoms with E-state index in [1.807, 2.05) is 6.07 Å². The maximum Gasteiger partial charge on any atom is 0.316 e. The number of H-pyrrole nitrogens is 1. The number of methoxy groups -OCH3 is 1. The van der Waals surface area contributed by atoms with Crippen LogP contribution in [0.5, 0.6) is 6.01 Å². The average Bonchev–Trinajstić information content (AvgIpc) is 2.86. The van der Waals surface area contributed by atoms with Gasteiger partial charge in [-0.1, -0.05) is 0 Å². The summed E-state index contributed by atoms with van der Waals surface area (Å²) in [6.45, 7) is 0. The quantitative estimate of drug-likeness (QED) is 0.716. The van der Waals surface area contributed by atoms with Gasteiger partial charge in [-0.3, -0.25) is 10.1 Å². The number of fused-ring (bicyclic) bond motifs is 1. The molecular weight excluding hydrogens is 218 g/mol. The Hall–Kier alpha value is -2.50. The fraction of sp³-hybridized carbons (Fsp3) is 0.0909. The van der Waals surface area contributed by atoms with E-state index in [0.717, 1.165) is 22.2 Å². The summed E-state index contributed by atoms with van der Waals surface area (Å²) in [5.41, 5.74) is 2.48. The molecule has 0 aliphatic rings. The van der Waals surface area contributed by atoms with Crippen molar-refractivity contribution in [2.45, 2.75) is 0 Å². The molecule has 0 radical (unpaired) electrons. The molecule has 0 saturated heterocycles. The monoisotopic (exact) mass is 227 g/mol. The van der Waals surface area contributed by atoms with Crippen LogP contribution in [0.4, 0.5) is 0 Å². The Bertz CT molecular complexity index is 646. The van der Waals surface area contributed by atoms with Crippen LogP contribution in [0.3, 0.4) is 0 Å². The Labute approximate surface area is 96.7 Å². The zero-order chi connectivity index (χ0) is 11.7. The number of aromatic amines is 1. The van der Waals surface area contributed by atoms with Crippen molar-refractivity contribution < 1.29 is 4.74 Å². The van der Waals surface area contributed by atoms with Crippen LogP contribution in [0.15, 0.2) is 30.9 Å². The molecule has 0 saturated carbocycles. The number of aromatic nitrogens is 5. The summed E-state index contributed by atoms with van der Waals surface area (Å²) in [6.07, 6.45) is 6.91. The lowest BCUT2D eigenvalue weighted by Crippen LogP contribution is -1.92. The van der Waals surface area contributed by atoms with Crippen LogP contribution in [-0.4, -0.2) is 32.3 Å². The van der Waals surface area contributed by atoms with E-state index >= 15 is 0 Å². The van der Waals surface area contributed by atoms with Gasteiger partial charge in [-0.15, -0.1) is 0 Å². The van der Waals surface area contributed by atoms with Gasteiger partial charge >= 0.3 is 6.01 Å². The van der Waals surface area contributed by atoms with E-state index < -0.39 is 0 Å². The minimum absolute atomic E-state index is 0.342. The van der Waals surface area contributed by atoms with E-state index in [4.69, 9.17) is 4.74 Å². The molecule has 3 aromatic rings. The molecule has 6 nitrogen and oxygen atoms in total. The zero-order valence-electron chi connectivity index (χ0n) is 9.08. The highest BCUT2D eigenvalue weighted by Gasteiger charge is 2.04. The predicted molar refractivity (Wildman–Crippen MR) is 61.5 cm³/mol. The second-order valence-electron chi connectivity index (χ2n) is 3.47. The van der Waals surface area contributed by atoms with Crippen molar-refractivity contribution >= 4 is 10.9 Å². The van der Waals surface area contributed by atoms with Gasteiger partial charge in [0, 0.05) is 35.7 Å². The smallest absolute Gasteiger partial charge is 0.316 e. The molecule has 17 heavy (non-hydrogen) atoms. The zero-order valence-corrected chi connectivity index (χ0v) is 9.08. The molecule has 0 spiro atoms. The molecule has 1 N–H and O–H groups in total. The van der Waals surface area contributed by atoms with Gasteiger partial charge in [-0.05, 0) is 6.07 Å². The molecule has 84 valence electrons. The van der Waals surface area contributed by atoms with Crippen LogP contribution in [0.2, 0.25) is 0 Å². The normalized spacial score (nSPS) is 10.6. The molecule has 0 atom stereocenters. The molecule has 0 fully saturated rings. The van der Waals surface area contributed by atoms with Crippen molar-refractivity contribution in [2.24, 2.45) is 0 Å². The summed E-state index contributed by atoms with van der Waals surface area (Å²) < 4.78 is 4.90. The van der Waals surface area contributed by atoms with Crippen molar-refractivity contribution in [1.29, 1.82) is 0 Å². The molecule has 0 amide bonds. The maximum absolute atomic E-state index is 4.90. The van der Waals surface area contributed by atoms with E-state index in [1.165, 1.54) is 7.11 Å². The molecule has 0 aliphatic heterocycles. The Morgan fingerprint density at radius 1 is 1.12 bits per heavy atom. The van der Waals surface area contributed by atoms with Crippen LogP contribution in [0.25, 0.3) is 22.2 Å².